The maximum absolute atomic E-state index is 12.2. The Morgan fingerprint density at radius 1 is 1.19 bits per heavy atom. The highest BCUT2D eigenvalue weighted by molar-refractivity contribution is 6.30. The van der Waals surface area contributed by atoms with Crippen LogP contribution in [0, 0.1) is 13.8 Å². The number of benzene rings is 1. The van der Waals surface area contributed by atoms with Gasteiger partial charge in [-0.1, -0.05) is 17.7 Å². The Morgan fingerprint density at radius 3 is 2.57 bits per heavy atom. The lowest BCUT2D eigenvalue weighted by atomic mass is 10.2. The van der Waals surface area contributed by atoms with E-state index in [1.807, 2.05) is 0 Å². The third kappa shape index (κ3) is 4.22. The van der Waals surface area contributed by atoms with Crippen molar-refractivity contribution in [2.75, 3.05) is 5.32 Å². The number of rotatable bonds is 3. The zero-order valence-electron chi connectivity index (χ0n) is 11.1. The van der Waals surface area contributed by atoms with Gasteiger partial charge in [0.1, 0.15) is 22.5 Å². The van der Waals surface area contributed by atoms with Crippen molar-refractivity contribution < 1.29 is 17.9 Å². The van der Waals surface area contributed by atoms with E-state index < -0.39 is 6.36 Å². The Labute approximate surface area is 123 Å². The molecule has 2 aromatic rings. The fourth-order valence-corrected chi connectivity index (χ4v) is 1.84. The first-order valence-corrected chi connectivity index (χ1v) is 6.26. The van der Waals surface area contributed by atoms with E-state index in [-0.39, 0.29) is 10.9 Å². The molecule has 1 heterocycles. The molecule has 1 N–H and O–H groups in total. The summed E-state index contributed by atoms with van der Waals surface area (Å²) in [6.45, 7) is 3.37. The molecule has 0 atom stereocenters. The van der Waals surface area contributed by atoms with Gasteiger partial charge in [0, 0.05) is 17.3 Å². The van der Waals surface area contributed by atoms with E-state index in [1.54, 1.807) is 19.9 Å². The molecule has 112 valence electrons. The molecule has 1 aromatic heterocycles. The largest absolute Gasteiger partial charge is 0.573 e. The smallest absolute Gasteiger partial charge is 0.406 e. The van der Waals surface area contributed by atoms with Crippen LogP contribution in [0.4, 0.5) is 24.7 Å². The van der Waals surface area contributed by atoms with Crippen molar-refractivity contribution in [3.05, 3.63) is 40.8 Å². The average Bonchev–Trinajstić information content (AvgIpc) is 2.33. The summed E-state index contributed by atoms with van der Waals surface area (Å²) >= 11 is 5.94. The highest BCUT2D eigenvalue weighted by atomic mass is 35.5. The van der Waals surface area contributed by atoms with Gasteiger partial charge < -0.3 is 10.1 Å². The van der Waals surface area contributed by atoms with Crippen LogP contribution in [-0.2, 0) is 0 Å². The normalized spacial score (nSPS) is 11.3. The quantitative estimate of drug-likeness (QED) is 0.853. The fraction of sp³-hybridized carbons (Fsp3) is 0.231. The molecule has 0 saturated heterocycles. The van der Waals surface area contributed by atoms with E-state index in [1.165, 1.54) is 18.2 Å². The van der Waals surface area contributed by atoms with Crippen LogP contribution < -0.4 is 10.1 Å². The van der Waals surface area contributed by atoms with Crippen LogP contribution in [0.25, 0.3) is 0 Å². The monoisotopic (exact) mass is 317 g/mol. The van der Waals surface area contributed by atoms with Gasteiger partial charge in [-0.3, -0.25) is 0 Å². The number of nitrogens with one attached hydrogen (secondary N) is 1. The maximum atomic E-state index is 12.2. The minimum atomic E-state index is -4.73. The molecule has 0 aliphatic carbocycles. The van der Waals surface area contributed by atoms with E-state index in [0.29, 0.717) is 22.9 Å². The Kier molecular flexibility index (Phi) is 4.22. The molecule has 0 spiro atoms. The summed E-state index contributed by atoms with van der Waals surface area (Å²) in [5.41, 5.74) is 0.999. The summed E-state index contributed by atoms with van der Waals surface area (Å²) in [6, 6.07) is 5.46. The van der Waals surface area contributed by atoms with Gasteiger partial charge in [0.15, 0.2) is 0 Å². The minimum absolute atomic E-state index is 0.285. The van der Waals surface area contributed by atoms with Crippen LogP contribution in [0.5, 0.6) is 5.75 Å². The average molecular weight is 318 g/mol. The van der Waals surface area contributed by atoms with Crippen molar-refractivity contribution in [1.29, 1.82) is 0 Å². The van der Waals surface area contributed by atoms with E-state index in [4.69, 9.17) is 11.6 Å². The first-order valence-electron chi connectivity index (χ1n) is 5.88. The second kappa shape index (κ2) is 5.77. The number of nitrogens with zero attached hydrogens (tertiary/aromatic N) is 2. The van der Waals surface area contributed by atoms with Crippen LogP contribution in [0.15, 0.2) is 24.3 Å². The Balaban J connectivity index is 2.26. The Morgan fingerprint density at radius 2 is 1.90 bits per heavy atom. The zero-order chi connectivity index (χ0) is 15.6. The third-order valence-corrected chi connectivity index (χ3v) is 2.90. The molecule has 0 amide bonds. The lowest BCUT2D eigenvalue weighted by molar-refractivity contribution is -0.274. The SMILES string of the molecule is Cc1nc(Cl)c(C)c(Nc2cccc(OC(F)(F)F)c2)n1. The van der Waals surface area contributed by atoms with E-state index in [9.17, 15) is 13.2 Å². The number of ether oxygens (including phenoxy) is 1. The number of anilines is 2. The number of aromatic nitrogens is 2. The van der Waals surface area contributed by atoms with Gasteiger partial charge >= 0.3 is 6.36 Å². The molecule has 2 rings (SSSR count). The first-order chi connectivity index (χ1) is 9.74. The third-order valence-electron chi connectivity index (χ3n) is 2.53. The minimum Gasteiger partial charge on any atom is -0.406 e. The number of aryl methyl sites for hydroxylation is 1. The molecular weight excluding hydrogens is 307 g/mol. The van der Waals surface area contributed by atoms with Gasteiger partial charge in [0.2, 0.25) is 0 Å². The molecule has 0 aliphatic heterocycles. The Bertz CT molecular complexity index is 662. The molecular formula is C13H11ClF3N3O. The topological polar surface area (TPSA) is 47.0 Å². The maximum Gasteiger partial charge on any atom is 0.573 e. The van der Waals surface area contributed by atoms with Gasteiger partial charge in [-0.05, 0) is 26.0 Å². The molecule has 0 fully saturated rings. The van der Waals surface area contributed by atoms with Gasteiger partial charge in [-0.25, -0.2) is 9.97 Å². The van der Waals surface area contributed by atoms with Crippen LogP contribution >= 0.6 is 11.6 Å². The van der Waals surface area contributed by atoms with Gasteiger partial charge in [0.25, 0.3) is 0 Å². The highest BCUT2D eigenvalue weighted by Gasteiger charge is 2.31. The van der Waals surface area contributed by atoms with Crippen LogP contribution in [0.1, 0.15) is 11.4 Å². The molecule has 0 bridgehead atoms. The van der Waals surface area contributed by atoms with E-state index in [2.05, 4.69) is 20.0 Å². The van der Waals surface area contributed by atoms with Gasteiger partial charge in [-0.2, -0.15) is 0 Å². The van der Waals surface area contributed by atoms with Crippen LogP contribution in [-0.4, -0.2) is 16.3 Å². The summed E-state index contributed by atoms with van der Waals surface area (Å²) in [7, 11) is 0. The van der Waals surface area contributed by atoms with Crippen molar-refractivity contribution in [3.8, 4) is 5.75 Å². The summed E-state index contributed by atoms with van der Waals surface area (Å²) in [5, 5.41) is 3.18. The van der Waals surface area contributed by atoms with Crippen LogP contribution in [0.2, 0.25) is 5.15 Å². The van der Waals surface area contributed by atoms with Crippen molar-refractivity contribution in [1.82, 2.24) is 9.97 Å². The summed E-state index contributed by atoms with van der Waals surface area (Å²) in [6.07, 6.45) is -4.73. The van der Waals surface area contributed by atoms with E-state index in [0.717, 1.165) is 0 Å². The van der Waals surface area contributed by atoms with Crippen molar-refractivity contribution in [2.45, 2.75) is 20.2 Å². The second-order valence-corrected chi connectivity index (χ2v) is 4.59. The standard InChI is InChI=1S/C13H11ClF3N3O/c1-7-11(14)18-8(2)19-12(7)20-9-4-3-5-10(6-9)21-13(15,16)17/h3-6H,1-2H3,(H,18,19,20). The highest BCUT2D eigenvalue weighted by Crippen LogP contribution is 2.28. The predicted molar refractivity (Wildman–Crippen MR) is 72.9 cm³/mol. The van der Waals surface area contributed by atoms with E-state index >= 15 is 0 Å². The molecule has 0 aliphatic rings. The van der Waals surface area contributed by atoms with Crippen LogP contribution in [0.3, 0.4) is 0 Å². The second-order valence-electron chi connectivity index (χ2n) is 4.24. The molecule has 8 heteroatoms. The Hall–Kier alpha value is -2.02. The first kappa shape index (κ1) is 15.4. The molecule has 0 radical (unpaired) electrons. The summed E-state index contributed by atoms with van der Waals surface area (Å²) < 4.78 is 40.4. The zero-order valence-corrected chi connectivity index (χ0v) is 11.9. The van der Waals surface area contributed by atoms with Crippen molar-refractivity contribution in [2.24, 2.45) is 0 Å². The molecule has 4 nitrogen and oxygen atoms in total. The number of hydrogen-bond acceptors (Lipinski definition) is 4. The fourth-order valence-electron chi connectivity index (χ4n) is 1.62. The van der Waals surface area contributed by atoms with Crippen molar-refractivity contribution in [3.63, 3.8) is 0 Å². The summed E-state index contributed by atoms with van der Waals surface area (Å²) in [4.78, 5) is 8.15. The van der Waals surface area contributed by atoms with Crippen molar-refractivity contribution >= 4 is 23.1 Å². The summed E-state index contributed by atoms with van der Waals surface area (Å²) in [5.74, 6) is 0.564. The molecule has 0 unspecified atom stereocenters. The number of alkyl halides is 3. The number of halogens is 4. The van der Waals surface area contributed by atoms with Gasteiger partial charge in [-0.15, -0.1) is 13.2 Å². The predicted octanol–water partition coefficient (Wildman–Crippen LogP) is 4.39. The lowest BCUT2D eigenvalue weighted by Crippen LogP contribution is -2.17. The van der Waals surface area contributed by atoms with Gasteiger partial charge in [0.05, 0.1) is 0 Å². The molecule has 21 heavy (non-hydrogen) atoms. The lowest BCUT2D eigenvalue weighted by Gasteiger charge is -2.12. The molecule has 0 saturated carbocycles. The molecule has 1 aromatic carbocycles. The number of hydrogen-bond donors (Lipinski definition) is 1.